The van der Waals surface area contributed by atoms with Crippen LogP contribution in [0, 0.1) is 6.92 Å². The minimum atomic E-state index is -1.30. The van der Waals surface area contributed by atoms with Crippen LogP contribution in [-0.4, -0.2) is 11.9 Å². The van der Waals surface area contributed by atoms with Crippen molar-refractivity contribution in [3.63, 3.8) is 0 Å². The quantitative estimate of drug-likeness (QED) is 0.912. The van der Waals surface area contributed by atoms with E-state index in [1.165, 1.54) is 11.3 Å². The van der Waals surface area contributed by atoms with Crippen LogP contribution < -0.4 is 10.4 Å². The molecule has 5 heteroatoms. The van der Waals surface area contributed by atoms with Gasteiger partial charge in [0.05, 0.1) is 16.5 Å². The molecule has 0 saturated carbocycles. The number of amides is 1. The second kappa shape index (κ2) is 5.01. The zero-order chi connectivity index (χ0) is 13.1. The Labute approximate surface area is 108 Å². The summed E-state index contributed by atoms with van der Waals surface area (Å²) in [5.41, 5.74) is 0.829. The molecule has 4 nitrogen and oxygen atoms in total. The number of aryl methyl sites for hydroxylation is 1. The van der Waals surface area contributed by atoms with Gasteiger partial charge < -0.3 is 15.2 Å². The van der Waals surface area contributed by atoms with Gasteiger partial charge in [-0.25, -0.2) is 0 Å². The number of carboxylic acids is 1. The highest BCUT2D eigenvalue weighted by atomic mass is 32.1. The van der Waals surface area contributed by atoms with E-state index in [-0.39, 0.29) is 17.2 Å². The molecule has 2 rings (SSSR count). The Hall–Kier alpha value is -2.14. The average Bonchev–Trinajstić information content (AvgIpc) is 2.81. The van der Waals surface area contributed by atoms with Crippen molar-refractivity contribution in [1.29, 1.82) is 0 Å². The predicted molar refractivity (Wildman–Crippen MR) is 67.8 cm³/mol. The fraction of sp³-hybridized carbons (Fsp3) is 0.0769. The average molecular weight is 260 g/mol. The molecule has 0 aliphatic rings. The summed E-state index contributed by atoms with van der Waals surface area (Å²) in [7, 11) is 0. The third-order valence-corrected chi connectivity index (χ3v) is 3.34. The zero-order valence-electron chi connectivity index (χ0n) is 9.60. The van der Waals surface area contributed by atoms with Crippen molar-refractivity contribution in [2.75, 3.05) is 5.32 Å². The van der Waals surface area contributed by atoms with Crippen LogP contribution in [0.15, 0.2) is 35.7 Å². The molecule has 0 aliphatic carbocycles. The van der Waals surface area contributed by atoms with Crippen molar-refractivity contribution in [1.82, 2.24) is 0 Å². The summed E-state index contributed by atoms with van der Waals surface area (Å²) in [6.07, 6.45) is 0. The predicted octanol–water partition coefficient (Wildman–Crippen LogP) is 1.67. The lowest BCUT2D eigenvalue weighted by Gasteiger charge is -2.13. The van der Waals surface area contributed by atoms with E-state index in [9.17, 15) is 14.7 Å². The van der Waals surface area contributed by atoms with Crippen LogP contribution in [0.25, 0.3) is 0 Å². The smallest absolute Gasteiger partial charge is 0.265 e. The first-order chi connectivity index (χ1) is 8.59. The van der Waals surface area contributed by atoms with Gasteiger partial charge in [-0.3, -0.25) is 4.79 Å². The maximum absolute atomic E-state index is 11.8. The highest BCUT2D eigenvalue weighted by Crippen LogP contribution is 2.20. The Morgan fingerprint density at radius 2 is 2.00 bits per heavy atom. The molecule has 0 spiro atoms. The van der Waals surface area contributed by atoms with E-state index in [0.717, 1.165) is 0 Å². The number of hydrogen-bond acceptors (Lipinski definition) is 4. The van der Waals surface area contributed by atoms with Gasteiger partial charge >= 0.3 is 0 Å². The lowest BCUT2D eigenvalue weighted by Crippen LogP contribution is -2.25. The van der Waals surface area contributed by atoms with Gasteiger partial charge in [-0.15, -0.1) is 11.3 Å². The fourth-order valence-corrected chi connectivity index (χ4v) is 2.25. The highest BCUT2D eigenvalue weighted by Gasteiger charge is 2.11. The molecular weight excluding hydrogens is 250 g/mol. The van der Waals surface area contributed by atoms with Crippen LogP contribution in [-0.2, 0) is 0 Å². The lowest BCUT2D eigenvalue weighted by atomic mass is 10.1. The van der Waals surface area contributed by atoms with E-state index < -0.39 is 5.97 Å². The summed E-state index contributed by atoms with van der Waals surface area (Å²) in [6.45, 7) is 1.66. The van der Waals surface area contributed by atoms with E-state index in [4.69, 9.17) is 0 Å². The topological polar surface area (TPSA) is 69.2 Å². The number of thiophene rings is 1. The third kappa shape index (κ3) is 2.41. The molecule has 1 aromatic carbocycles. The monoisotopic (exact) mass is 260 g/mol. The van der Waals surface area contributed by atoms with Gasteiger partial charge in [0.2, 0.25) is 0 Å². The van der Waals surface area contributed by atoms with Gasteiger partial charge in [0.25, 0.3) is 5.91 Å². The molecule has 0 bridgehead atoms. The van der Waals surface area contributed by atoms with E-state index in [1.54, 1.807) is 42.6 Å². The number of benzene rings is 1. The summed E-state index contributed by atoms with van der Waals surface area (Å²) in [5, 5.41) is 15.4. The summed E-state index contributed by atoms with van der Waals surface area (Å²) >= 11 is 1.29. The van der Waals surface area contributed by atoms with Crippen LogP contribution >= 0.6 is 11.3 Å². The normalized spacial score (nSPS) is 10.1. The maximum atomic E-state index is 11.8. The van der Waals surface area contributed by atoms with Crippen LogP contribution in [0.2, 0.25) is 0 Å². The molecule has 1 amide bonds. The zero-order valence-corrected chi connectivity index (χ0v) is 10.4. The van der Waals surface area contributed by atoms with Gasteiger partial charge in [-0.2, -0.15) is 0 Å². The van der Waals surface area contributed by atoms with Crippen molar-refractivity contribution in [3.8, 4) is 0 Å². The number of hydrogen-bond donors (Lipinski definition) is 1. The van der Waals surface area contributed by atoms with Crippen molar-refractivity contribution in [2.45, 2.75) is 6.92 Å². The molecule has 0 fully saturated rings. The molecule has 0 atom stereocenters. The second-order valence-corrected chi connectivity index (χ2v) is 4.66. The molecule has 1 heterocycles. The third-order valence-electron chi connectivity index (χ3n) is 2.47. The van der Waals surface area contributed by atoms with Gasteiger partial charge in [-0.1, -0.05) is 18.2 Å². The fourth-order valence-electron chi connectivity index (χ4n) is 1.63. The maximum Gasteiger partial charge on any atom is 0.265 e. The number of nitrogens with one attached hydrogen (secondary N) is 1. The van der Waals surface area contributed by atoms with E-state index in [1.807, 2.05) is 0 Å². The molecule has 0 saturated heterocycles. The van der Waals surface area contributed by atoms with Crippen molar-refractivity contribution in [3.05, 3.63) is 51.7 Å². The summed E-state index contributed by atoms with van der Waals surface area (Å²) in [4.78, 5) is 23.4. The van der Waals surface area contributed by atoms with Crippen molar-refractivity contribution in [2.24, 2.45) is 0 Å². The van der Waals surface area contributed by atoms with Gasteiger partial charge in [0.15, 0.2) is 0 Å². The van der Waals surface area contributed by atoms with Crippen LogP contribution in [0.5, 0.6) is 0 Å². The summed E-state index contributed by atoms with van der Waals surface area (Å²) in [6, 6.07) is 8.32. The molecule has 0 radical (unpaired) electrons. The molecule has 0 unspecified atom stereocenters. The minimum absolute atomic E-state index is 0.0161. The molecule has 1 N–H and O–H groups in total. The standard InChI is InChI=1S/C13H11NO3S/c1-8-4-2-5-9(11(8)13(16)17)14-12(15)10-6-3-7-18-10/h2-7H,1H3,(H,14,15)(H,16,17)/p-1. The first-order valence-corrected chi connectivity index (χ1v) is 6.13. The Bertz CT molecular complexity index is 590. The summed E-state index contributed by atoms with van der Waals surface area (Å²) < 4.78 is 0. The van der Waals surface area contributed by atoms with Crippen molar-refractivity contribution >= 4 is 28.9 Å². The Morgan fingerprint density at radius 1 is 1.22 bits per heavy atom. The number of anilines is 1. The molecule has 1 aromatic heterocycles. The minimum Gasteiger partial charge on any atom is -0.545 e. The van der Waals surface area contributed by atoms with E-state index in [0.29, 0.717) is 10.4 Å². The number of carboxylic acid groups (broad SMARTS) is 1. The Kier molecular flexibility index (Phi) is 3.43. The first kappa shape index (κ1) is 12.3. The van der Waals surface area contributed by atoms with Crippen molar-refractivity contribution < 1.29 is 14.7 Å². The Balaban J connectivity index is 2.32. The second-order valence-electron chi connectivity index (χ2n) is 3.72. The van der Waals surface area contributed by atoms with Crippen LogP contribution in [0.3, 0.4) is 0 Å². The molecule has 2 aromatic rings. The number of aromatic carboxylic acids is 1. The highest BCUT2D eigenvalue weighted by molar-refractivity contribution is 7.12. The van der Waals surface area contributed by atoms with Gasteiger partial charge in [0, 0.05) is 5.56 Å². The lowest BCUT2D eigenvalue weighted by molar-refractivity contribution is -0.254. The van der Waals surface area contributed by atoms with E-state index in [2.05, 4.69) is 5.32 Å². The number of rotatable bonds is 3. The van der Waals surface area contributed by atoms with E-state index >= 15 is 0 Å². The van der Waals surface area contributed by atoms with Crippen LogP contribution in [0.4, 0.5) is 5.69 Å². The Morgan fingerprint density at radius 3 is 2.61 bits per heavy atom. The molecular formula is C13H10NO3S-. The number of carbonyl (C=O) groups is 2. The largest absolute Gasteiger partial charge is 0.545 e. The molecule has 18 heavy (non-hydrogen) atoms. The van der Waals surface area contributed by atoms with Crippen LogP contribution in [0.1, 0.15) is 25.6 Å². The van der Waals surface area contributed by atoms with Gasteiger partial charge in [0.1, 0.15) is 0 Å². The first-order valence-electron chi connectivity index (χ1n) is 5.25. The molecule has 0 aliphatic heterocycles. The molecule has 92 valence electrons. The summed E-state index contributed by atoms with van der Waals surface area (Å²) in [5.74, 6) is -1.62. The number of carbonyl (C=O) groups excluding carboxylic acids is 2. The SMILES string of the molecule is Cc1cccc(NC(=O)c2cccs2)c1C(=O)[O-]. The van der Waals surface area contributed by atoms with Gasteiger partial charge in [-0.05, 0) is 30.0 Å².